The van der Waals surface area contributed by atoms with Gasteiger partial charge in [-0.15, -0.1) is 0 Å². The summed E-state index contributed by atoms with van der Waals surface area (Å²) in [4.78, 5) is 13.9. The molecule has 1 amide bonds. The third-order valence-electron chi connectivity index (χ3n) is 3.75. The number of rotatable bonds is 3. The molecule has 0 radical (unpaired) electrons. The van der Waals surface area contributed by atoms with Gasteiger partial charge < -0.3 is 10.2 Å². The lowest BCUT2D eigenvalue weighted by atomic mass is 10.0. The number of aryl methyl sites for hydroxylation is 1. The van der Waals surface area contributed by atoms with E-state index in [9.17, 15) is 13.6 Å². The van der Waals surface area contributed by atoms with Gasteiger partial charge >= 0.3 is 0 Å². The van der Waals surface area contributed by atoms with Crippen LogP contribution in [0.4, 0.5) is 8.78 Å². The molecule has 0 aliphatic carbocycles. The predicted octanol–water partition coefficient (Wildman–Crippen LogP) is 2.49. The summed E-state index contributed by atoms with van der Waals surface area (Å²) in [5.74, 6) is -1.75. The van der Waals surface area contributed by atoms with Crippen LogP contribution in [0.5, 0.6) is 0 Å². The first-order valence-corrected chi connectivity index (χ1v) is 7.01. The standard InChI is InChI=1S/C15H20F2N2O/c1-3-18-11-4-6-19(7-5-11)15(20)12-8-10(2)13(16)9-14(12)17/h8-9,11,18H,3-7H2,1-2H3. The molecule has 1 aromatic carbocycles. The van der Waals surface area contributed by atoms with Gasteiger partial charge in [-0.2, -0.15) is 0 Å². The van der Waals surface area contributed by atoms with E-state index in [0.717, 1.165) is 25.5 Å². The van der Waals surface area contributed by atoms with Crippen LogP contribution >= 0.6 is 0 Å². The zero-order valence-corrected chi connectivity index (χ0v) is 11.9. The van der Waals surface area contributed by atoms with Crippen LogP contribution in [0.3, 0.4) is 0 Å². The highest BCUT2D eigenvalue weighted by molar-refractivity contribution is 5.94. The van der Waals surface area contributed by atoms with Crippen molar-refractivity contribution in [3.05, 3.63) is 34.9 Å². The summed E-state index contributed by atoms with van der Waals surface area (Å²) in [5, 5.41) is 3.35. The Hall–Kier alpha value is -1.49. The third kappa shape index (κ3) is 3.15. The predicted molar refractivity (Wildman–Crippen MR) is 73.7 cm³/mol. The number of likely N-dealkylation sites (tertiary alicyclic amines) is 1. The summed E-state index contributed by atoms with van der Waals surface area (Å²) in [6, 6.07) is 2.50. The number of amides is 1. The van der Waals surface area contributed by atoms with Crippen molar-refractivity contribution in [2.75, 3.05) is 19.6 Å². The van der Waals surface area contributed by atoms with E-state index in [4.69, 9.17) is 0 Å². The summed E-state index contributed by atoms with van der Waals surface area (Å²) in [5.41, 5.74) is 0.253. The highest BCUT2D eigenvalue weighted by atomic mass is 19.1. The molecule has 1 aliphatic rings. The maximum atomic E-state index is 13.7. The lowest BCUT2D eigenvalue weighted by Gasteiger charge is -2.32. The Labute approximate surface area is 118 Å². The zero-order valence-electron chi connectivity index (χ0n) is 11.9. The second-order valence-corrected chi connectivity index (χ2v) is 5.21. The molecule has 20 heavy (non-hydrogen) atoms. The summed E-state index contributed by atoms with van der Waals surface area (Å²) in [6.07, 6.45) is 1.72. The van der Waals surface area contributed by atoms with Crippen molar-refractivity contribution >= 4 is 5.91 Å². The molecule has 3 nitrogen and oxygen atoms in total. The van der Waals surface area contributed by atoms with Gasteiger partial charge in [-0.1, -0.05) is 6.92 Å². The molecule has 1 aliphatic heterocycles. The van der Waals surface area contributed by atoms with Crippen LogP contribution in [-0.2, 0) is 0 Å². The molecule has 0 atom stereocenters. The van der Waals surface area contributed by atoms with Gasteiger partial charge in [0.05, 0.1) is 5.56 Å². The highest BCUT2D eigenvalue weighted by Crippen LogP contribution is 2.19. The number of halogens is 2. The number of piperidine rings is 1. The SMILES string of the molecule is CCNC1CCN(C(=O)c2cc(C)c(F)cc2F)CC1. The van der Waals surface area contributed by atoms with E-state index in [2.05, 4.69) is 5.32 Å². The van der Waals surface area contributed by atoms with Crippen LogP contribution < -0.4 is 5.32 Å². The molecule has 2 rings (SSSR count). The Kier molecular flexibility index (Phi) is 4.70. The number of carbonyl (C=O) groups excluding carboxylic acids is 1. The maximum Gasteiger partial charge on any atom is 0.256 e. The van der Waals surface area contributed by atoms with Crippen LogP contribution in [0.1, 0.15) is 35.7 Å². The van der Waals surface area contributed by atoms with E-state index in [0.29, 0.717) is 19.1 Å². The average Bonchev–Trinajstić information content (AvgIpc) is 2.43. The van der Waals surface area contributed by atoms with Gasteiger partial charge in [0.1, 0.15) is 11.6 Å². The third-order valence-corrected chi connectivity index (χ3v) is 3.75. The van der Waals surface area contributed by atoms with Crippen LogP contribution in [-0.4, -0.2) is 36.5 Å². The summed E-state index contributed by atoms with van der Waals surface area (Å²) < 4.78 is 27.0. The Balaban J connectivity index is 2.07. The average molecular weight is 282 g/mol. The smallest absolute Gasteiger partial charge is 0.256 e. The topological polar surface area (TPSA) is 32.3 Å². The van der Waals surface area contributed by atoms with E-state index in [1.165, 1.54) is 13.0 Å². The second-order valence-electron chi connectivity index (χ2n) is 5.21. The summed E-state index contributed by atoms with van der Waals surface area (Å²) in [6.45, 7) is 5.69. The molecule has 1 aromatic rings. The van der Waals surface area contributed by atoms with Crippen molar-refractivity contribution in [2.24, 2.45) is 0 Å². The van der Waals surface area contributed by atoms with E-state index < -0.39 is 11.6 Å². The monoisotopic (exact) mass is 282 g/mol. The van der Waals surface area contributed by atoms with Crippen molar-refractivity contribution in [1.29, 1.82) is 0 Å². The largest absolute Gasteiger partial charge is 0.338 e. The molecule has 0 saturated carbocycles. The molecule has 1 saturated heterocycles. The maximum absolute atomic E-state index is 13.7. The normalized spacial score (nSPS) is 16.5. The van der Waals surface area contributed by atoms with Crippen molar-refractivity contribution < 1.29 is 13.6 Å². The fraction of sp³-hybridized carbons (Fsp3) is 0.533. The van der Waals surface area contributed by atoms with E-state index in [1.807, 2.05) is 6.92 Å². The lowest BCUT2D eigenvalue weighted by Crippen LogP contribution is -2.45. The van der Waals surface area contributed by atoms with Crippen LogP contribution in [0.25, 0.3) is 0 Å². The van der Waals surface area contributed by atoms with E-state index >= 15 is 0 Å². The number of nitrogens with one attached hydrogen (secondary N) is 1. The van der Waals surface area contributed by atoms with Crippen molar-refractivity contribution in [3.63, 3.8) is 0 Å². The number of hydrogen-bond acceptors (Lipinski definition) is 2. The Morgan fingerprint density at radius 3 is 2.55 bits per heavy atom. The molecular weight excluding hydrogens is 262 g/mol. The fourth-order valence-corrected chi connectivity index (χ4v) is 2.57. The van der Waals surface area contributed by atoms with Gasteiger partial charge in [0.2, 0.25) is 0 Å². The molecule has 0 unspecified atom stereocenters. The van der Waals surface area contributed by atoms with Crippen LogP contribution in [0.2, 0.25) is 0 Å². The molecule has 1 fully saturated rings. The number of nitrogens with zero attached hydrogens (tertiary/aromatic N) is 1. The first-order valence-electron chi connectivity index (χ1n) is 7.01. The minimum atomic E-state index is -0.785. The van der Waals surface area contributed by atoms with E-state index in [1.54, 1.807) is 4.90 Å². The number of benzene rings is 1. The number of hydrogen-bond donors (Lipinski definition) is 1. The molecular formula is C15H20F2N2O. The fourth-order valence-electron chi connectivity index (χ4n) is 2.57. The van der Waals surface area contributed by atoms with Gasteiger partial charge in [0.15, 0.2) is 0 Å². The van der Waals surface area contributed by atoms with Gasteiger partial charge in [0.25, 0.3) is 5.91 Å². The van der Waals surface area contributed by atoms with Crippen molar-refractivity contribution in [2.45, 2.75) is 32.7 Å². The highest BCUT2D eigenvalue weighted by Gasteiger charge is 2.25. The molecule has 0 bridgehead atoms. The van der Waals surface area contributed by atoms with E-state index in [-0.39, 0.29) is 17.0 Å². The molecule has 110 valence electrons. The van der Waals surface area contributed by atoms with Crippen molar-refractivity contribution in [1.82, 2.24) is 10.2 Å². The zero-order chi connectivity index (χ0) is 14.7. The molecule has 1 N–H and O–H groups in total. The minimum absolute atomic E-state index is 0.0363. The quantitative estimate of drug-likeness (QED) is 0.924. The van der Waals surface area contributed by atoms with Crippen LogP contribution in [0, 0.1) is 18.6 Å². The van der Waals surface area contributed by atoms with Gasteiger partial charge in [0, 0.05) is 25.2 Å². The summed E-state index contributed by atoms with van der Waals surface area (Å²) >= 11 is 0. The van der Waals surface area contributed by atoms with Gasteiger partial charge in [-0.25, -0.2) is 8.78 Å². The second kappa shape index (κ2) is 6.31. The first kappa shape index (κ1) is 14.9. The lowest BCUT2D eigenvalue weighted by molar-refractivity contribution is 0.0701. The molecule has 5 heteroatoms. The number of carbonyl (C=O) groups is 1. The first-order chi connectivity index (χ1) is 9.52. The Morgan fingerprint density at radius 2 is 1.95 bits per heavy atom. The molecule has 0 aromatic heterocycles. The Bertz CT molecular complexity index is 497. The van der Waals surface area contributed by atoms with Gasteiger partial charge in [-0.3, -0.25) is 4.79 Å². The molecule has 0 spiro atoms. The Morgan fingerprint density at radius 1 is 1.30 bits per heavy atom. The minimum Gasteiger partial charge on any atom is -0.338 e. The molecule has 1 heterocycles. The van der Waals surface area contributed by atoms with Gasteiger partial charge in [-0.05, 0) is 37.9 Å². The summed E-state index contributed by atoms with van der Waals surface area (Å²) in [7, 11) is 0. The van der Waals surface area contributed by atoms with Crippen LogP contribution in [0.15, 0.2) is 12.1 Å². The van der Waals surface area contributed by atoms with Crippen molar-refractivity contribution in [3.8, 4) is 0 Å².